The van der Waals surface area contributed by atoms with Gasteiger partial charge in [0.1, 0.15) is 17.6 Å². The van der Waals surface area contributed by atoms with Gasteiger partial charge in [0.05, 0.1) is 22.0 Å². The summed E-state index contributed by atoms with van der Waals surface area (Å²) < 4.78 is 57.3. The van der Waals surface area contributed by atoms with Gasteiger partial charge in [0.15, 0.2) is 13.5 Å². The van der Waals surface area contributed by atoms with Crippen LogP contribution in [0.3, 0.4) is 0 Å². The Balaban J connectivity index is 0.000000225. The monoisotopic (exact) mass is 768 g/mol. The highest BCUT2D eigenvalue weighted by atomic mass is 35.5. The summed E-state index contributed by atoms with van der Waals surface area (Å²) in [4.78, 5) is 56.8. The van der Waals surface area contributed by atoms with Gasteiger partial charge in [-0.3, -0.25) is 28.5 Å². The van der Waals surface area contributed by atoms with Crippen LogP contribution in [0.1, 0.15) is 63.2 Å². The third-order valence-electron chi connectivity index (χ3n) is 7.67. The van der Waals surface area contributed by atoms with Gasteiger partial charge in [0.25, 0.3) is 17.7 Å². The largest absolute Gasteiger partial charge is 0.480 e. The Labute approximate surface area is 300 Å². The Hall–Kier alpha value is -4.26. The molecule has 0 spiro atoms. The number of carboxylic acids is 1. The van der Waals surface area contributed by atoms with E-state index in [9.17, 15) is 36.6 Å². The smallest absolute Gasteiger partial charge is 0.326 e. The highest BCUT2D eigenvalue weighted by Crippen LogP contribution is 2.40. The van der Waals surface area contributed by atoms with Gasteiger partial charge in [-0.05, 0) is 71.1 Å². The number of amides is 3. The molecular weight excluding hydrogens is 730 g/mol. The predicted octanol–water partition coefficient (Wildman–Crippen LogP) is 4.52. The number of anilines is 2. The number of carboxylic acid groups (broad SMARTS) is 1. The Bertz CT molecular complexity index is 1910. The van der Waals surface area contributed by atoms with E-state index in [1.165, 1.54) is 12.7 Å². The number of halogens is 2. The summed E-state index contributed by atoms with van der Waals surface area (Å²) in [5.74, 6) is -0.815. The molecule has 0 fully saturated rings. The van der Waals surface area contributed by atoms with Gasteiger partial charge in [-0.1, -0.05) is 29.7 Å². The number of para-hydroxylation sites is 1. The van der Waals surface area contributed by atoms with E-state index < -0.39 is 65.3 Å². The number of hydrogen-bond acceptors (Lipinski definition) is 9. The molecule has 0 bridgehead atoms. The number of terminal acetylenes is 1. The molecule has 18 heteroatoms. The number of ether oxygens (including phenoxy) is 1. The fraction of sp³-hybridized carbons (Fsp3) is 0.394. The van der Waals surface area contributed by atoms with Crippen LogP contribution in [0.4, 0.5) is 15.8 Å². The first-order valence-electron chi connectivity index (χ1n) is 15.7. The summed E-state index contributed by atoms with van der Waals surface area (Å²) in [7, 11) is -6.85. The van der Waals surface area contributed by atoms with Crippen LogP contribution in [0.5, 0.6) is 5.75 Å². The molecule has 0 saturated carbocycles. The molecule has 2 heterocycles. The molecule has 3 unspecified atom stereocenters. The van der Waals surface area contributed by atoms with Gasteiger partial charge in [-0.25, -0.2) is 13.6 Å². The molecule has 51 heavy (non-hydrogen) atoms. The van der Waals surface area contributed by atoms with Crippen molar-refractivity contribution in [2.75, 3.05) is 22.4 Å². The molecule has 3 aliphatic rings. The molecule has 14 nitrogen and oxygen atoms in total. The highest BCUT2D eigenvalue weighted by Gasteiger charge is 2.41. The molecule has 5 rings (SSSR count). The quantitative estimate of drug-likeness (QED) is 0.167. The van der Waals surface area contributed by atoms with Gasteiger partial charge in [0.2, 0.25) is 0 Å². The molecule has 2 aromatic rings. The number of aliphatic carboxylic acids is 1. The van der Waals surface area contributed by atoms with Gasteiger partial charge >= 0.3 is 16.2 Å². The summed E-state index contributed by atoms with van der Waals surface area (Å²) in [6, 6.07) is 7.40. The molecule has 2 aliphatic heterocycles. The summed E-state index contributed by atoms with van der Waals surface area (Å²) in [5, 5.41) is 8.31. The minimum Gasteiger partial charge on any atom is -0.480 e. The van der Waals surface area contributed by atoms with Crippen LogP contribution < -0.4 is 20.1 Å². The van der Waals surface area contributed by atoms with Crippen molar-refractivity contribution in [3.63, 3.8) is 0 Å². The van der Waals surface area contributed by atoms with E-state index in [1.54, 1.807) is 45.0 Å². The van der Waals surface area contributed by atoms with Gasteiger partial charge in [-0.2, -0.15) is 8.42 Å². The number of nitrogens with zero attached hydrogens (tertiary/aromatic N) is 2. The SMILES string of the molecule is C#CC(C)Oc1cc(N2C(=O)C3=C(CCCC3)C2=O)c(F)cc1Cl.CC(C)N1C(=O)c2ccccc2NS1(=O)=O.CP(=O)(O)CCC(N)C(=O)O. The van der Waals surface area contributed by atoms with Crippen LogP contribution in [0, 0.1) is 18.2 Å². The van der Waals surface area contributed by atoms with Crippen molar-refractivity contribution >= 4 is 64.2 Å². The van der Waals surface area contributed by atoms with Gasteiger partial charge in [0, 0.05) is 36.1 Å². The molecule has 0 saturated heterocycles. The molecular formula is C33H39ClFN4O10PS. The summed E-state index contributed by atoms with van der Waals surface area (Å²) in [5.41, 5.74) is 6.62. The summed E-state index contributed by atoms with van der Waals surface area (Å²) in [6.45, 7) is 6.13. The van der Waals surface area contributed by atoms with Crippen LogP contribution in [0.25, 0.3) is 0 Å². The predicted molar refractivity (Wildman–Crippen MR) is 189 cm³/mol. The number of benzene rings is 2. The van der Waals surface area contributed by atoms with E-state index in [1.807, 2.05) is 0 Å². The average Bonchev–Trinajstić information content (AvgIpc) is 3.29. The van der Waals surface area contributed by atoms with E-state index in [0.717, 1.165) is 28.1 Å². The summed E-state index contributed by atoms with van der Waals surface area (Å²) in [6.07, 6.45) is 7.47. The van der Waals surface area contributed by atoms with Crippen molar-refractivity contribution < 1.29 is 51.3 Å². The van der Waals surface area contributed by atoms with Crippen LogP contribution in [-0.4, -0.2) is 77.4 Å². The first kappa shape index (κ1) is 41.2. The van der Waals surface area contributed by atoms with Crippen molar-refractivity contribution in [2.24, 2.45) is 5.73 Å². The molecule has 0 radical (unpaired) electrons. The Kier molecular flexibility index (Phi) is 13.6. The second-order valence-electron chi connectivity index (χ2n) is 12.1. The third kappa shape index (κ3) is 10.2. The van der Waals surface area contributed by atoms with Crippen molar-refractivity contribution in [1.29, 1.82) is 0 Å². The number of fused-ring (bicyclic) bond motifs is 1. The Morgan fingerprint density at radius 2 is 1.69 bits per heavy atom. The molecule has 2 aromatic carbocycles. The number of rotatable bonds is 8. The maximum atomic E-state index is 14.4. The lowest BCUT2D eigenvalue weighted by molar-refractivity contribution is -0.138. The molecule has 3 amide bonds. The van der Waals surface area contributed by atoms with E-state index >= 15 is 0 Å². The minimum absolute atomic E-state index is 0.0233. The second-order valence-corrected chi connectivity index (χ2v) is 16.6. The number of carbonyl (C=O) groups is 4. The van der Waals surface area contributed by atoms with Crippen LogP contribution in [-0.2, 0) is 29.2 Å². The summed E-state index contributed by atoms with van der Waals surface area (Å²) >= 11 is 5.97. The van der Waals surface area contributed by atoms with E-state index in [0.29, 0.717) is 35.2 Å². The number of imide groups is 1. The van der Waals surface area contributed by atoms with Crippen LogP contribution in [0.15, 0.2) is 47.5 Å². The van der Waals surface area contributed by atoms with Crippen LogP contribution >= 0.6 is 19.0 Å². The molecule has 0 aromatic heterocycles. The normalized spacial score (nSPS) is 18.5. The number of nitrogens with one attached hydrogen (secondary N) is 1. The number of hydrogen-bond donors (Lipinski definition) is 4. The third-order valence-corrected chi connectivity index (χ3v) is 10.6. The van der Waals surface area contributed by atoms with Crippen molar-refractivity contribution in [3.05, 3.63) is 63.9 Å². The molecule has 276 valence electrons. The second kappa shape index (κ2) is 16.8. The Morgan fingerprint density at radius 1 is 1.12 bits per heavy atom. The topological polar surface area (TPSA) is 214 Å². The van der Waals surface area contributed by atoms with E-state index in [4.69, 9.17) is 38.5 Å². The van der Waals surface area contributed by atoms with E-state index in [-0.39, 0.29) is 29.0 Å². The Morgan fingerprint density at radius 3 is 2.20 bits per heavy atom. The zero-order valence-corrected chi connectivity index (χ0v) is 30.7. The average molecular weight is 769 g/mol. The van der Waals surface area contributed by atoms with Crippen LogP contribution in [0.2, 0.25) is 5.02 Å². The standard InChI is InChI=1S/C18H15ClFNO3.C10H12N2O3S.C5H12NO4P/c1-3-10(2)24-16-9-15(14(20)8-13(16)19)21-17(22)11-6-4-5-7-12(11)18(21)23;1-7(2)12-10(13)8-5-3-4-6-9(8)11-16(12,14)15;1-11(9,10)3-2-4(6)5(7)8/h1,8-10H,4-7H2,2H3;3-7,11H,1-2H3;4H,2-3,6H2,1H3,(H,7,8)(H,9,10). The lowest BCUT2D eigenvalue weighted by Crippen LogP contribution is -2.48. The minimum atomic E-state index is -3.75. The van der Waals surface area contributed by atoms with Gasteiger partial charge < -0.3 is 20.5 Å². The first-order valence-corrected chi connectivity index (χ1v) is 19.8. The number of nitrogens with two attached hydrogens (primary N) is 1. The zero-order valence-electron chi connectivity index (χ0n) is 28.3. The molecule has 5 N–H and O–H groups in total. The highest BCUT2D eigenvalue weighted by molar-refractivity contribution is 7.91. The van der Waals surface area contributed by atoms with Crippen molar-refractivity contribution in [1.82, 2.24) is 4.31 Å². The fourth-order valence-corrected chi connectivity index (χ4v) is 7.53. The maximum absolute atomic E-state index is 14.4. The van der Waals surface area contributed by atoms with Crippen molar-refractivity contribution in [3.8, 4) is 18.1 Å². The molecule has 1 aliphatic carbocycles. The first-order chi connectivity index (χ1) is 23.7. The number of carbonyl (C=O) groups excluding carboxylic acids is 3. The van der Waals surface area contributed by atoms with Crippen molar-refractivity contribution in [2.45, 2.75) is 71.1 Å². The lowest BCUT2D eigenvalue weighted by atomic mass is 9.93. The molecule has 3 atom stereocenters. The zero-order chi connectivity index (χ0) is 38.4. The van der Waals surface area contributed by atoms with E-state index in [2.05, 4.69) is 10.6 Å². The van der Waals surface area contributed by atoms with Gasteiger partial charge in [-0.15, -0.1) is 6.42 Å². The lowest BCUT2D eigenvalue weighted by Gasteiger charge is -2.31. The fourth-order valence-electron chi connectivity index (χ4n) is 5.15. The maximum Gasteiger partial charge on any atom is 0.326 e.